The average molecular weight is 589 g/mol. The predicted molar refractivity (Wildman–Crippen MR) is 204 cm³/mol. The van der Waals surface area contributed by atoms with Gasteiger partial charge in [0, 0.05) is 0 Å². The summed E-state index contributed by atoms with van der Waals surface area (Å²) in [6.07, 6.45) is 0. The van der Waals surface area contributed by atoms with E-state index in [0.717, 1.165) is 0 Å². The largest absolute Gasteiger partial charge is 0.0610 e. The highest BCUT2D eigenvalue weighted by molar-refractivity contribution is 6.34. The van der Waals surface area contributed by atoms with Crippen LogP contribution in [0.1, 0.15) is 33.4 Å². The Morgan fingerprint density at radius 1 is 0.239 bits per heavy atom. The molecule has 0 aliphatic rings. The predicted octanol–water partition coefficient (Wildman–Crippen LogP) is 13.3. The summed E-state index contributed by atoms with van der Waals surface area (Å²) in [6, 6.07) is 40.8. The molecule has 0 N–H and O–H groups in total. The topological polar surface area (TPSA) is 0 Å². The highest BCUT2D eigenvalue weighted by Gasteiger charge is 2.17. The summed E-state index contributed by atoms with van der Waals surface area (Å²) in [7, 11) is 0. The molecular weight excluding hydrogens is 553 g/mol. The maximum atomic E-state index is 2.38. The summed E-state index contributed by atoms with van der Waals surface area (Å²) in [5.41, 5.74) is 8.24. The highest BCUT2D eigenvalue weighted by Crippen LogP contribution is 2.44. The maximum Gasteiger partial charge on any atom is -0.00235 e. The molecule has 0 amide bonds. The van der Waals surface area contributed by atoms with Crippen LogP contribution in [0, 0.1) is 41.5 Å². The van der Waals surface area contributed by atoms with Gasteiger partial charge in [0.05, 0.1) is 0 Å². The number of hydrogen-bond donors (Lipinski definition) is 0. The second-order valence-corrected chi connectivity index (χ2v) is 13.5. The van der Waals surface area contributed by atoms with E-state index in [4.69, 9.17) is 0 Å². The van der Waals surface area contributed by atoms with E-state index >= 15 is 0 Å². The second-order valence-electron chi connectivity index (χ2n) is 13.5. The van der Waals surface area contributed by atoms with E-state index in [9.17, 15) is 0 Å². The van der Waals surface area contributed by atoms with Crippen LogP contribution in [-0.4, -0.2) is 0 Å². The van der Waals surface area contributed by atoms with Crippen LogP contribution in [0.3, 0.4) is 0 Å². The molecule has 0 nitrogen and oxygen atoms in total. The zero-order chi connectivity index (χ0) is 31.4. The van der Waals surface area contributed by atoms with Crippen LogP contribution in [-0.2, 0) is 0 Å². The minimum Gasteiger partial charge on any atom is -0.0610 e. The van der Waals surface area contributed by atoms with Crippen LogP contribution < -0.4 is 0 Å². The Morgan fingerprint density at radius 2 is 0.522 bits per heavy atom. The highest BCUT2D eigenvalue weighted by atomic mass is 14.2. The van der Waals surface area contributed by atoms with Crippen molar-refractivity contribution in [3.8, 4) is 0 Å². The number of rotatable bonds is 0. The Balaban J connectivity index is 0.000000127. The fraction of sp³-hybridized carbons (Fsp3) is 0.130. The lowest BCUT2D eigenvalue weighted by Gasteiger charge is -2.17. The standard InChI is InChI=1S/2C23H18/c1-13-10-11-20-18-8-5-7-17-15(3)14(2)12-21(23(17)18)19-9-4-6-16(13)22(19)20;1-13-10-11-20-21-12-14(2)15(3)17-7-5-9-19(23(17)21)18-8-4-6-16(13)22(18)20/h2*4-12H,1-3H3. The summed E-state index contributed by atoms with van der Waals surface area (Å²) < 4.78 is 0. The van der Waals surface area contributed by atoms with Gasteiger partial charge in [-0.3, -0.25) is 0 Å². The molecule has 0 aromatic heterocycles. The molecule has 0 radical (unpaired) electrons. The van der Waals surface area contributed by atoms with Crippen molar-refractivity contribution in [2.45, 2.75) is 41.5 Å². The lowest BCUT2D eigenvalue weighted by atomic mass is 9.86. The smallest absolute Gasteiger partial charge is 0.00235 e. The quantitative estimate of drug-likeness (QED) is 0.122. The van der Waals surface area contributed by atoms with E-state index in [0.29, 0.717) is 0 Å². The van der Waals surface area contributed by atoms with Gasteiger partial charge in [0.2, 0.25) is 0 Å². The number of benzene rings is 10. The number of hydrogen-bond acceptors (Lipinski definition) is 0. The molecule has 10 aromatic carbocycles. The van der Waals surface area contributed by atoms with Gasteiger partial charge in [-0.05, 0) is 161 Å². The van der Waals surface area contributed by atoms with Crippen molar-refractivity contribution in [3.05, 3.63) is 143 Å². The van der Waals surface area contributed by atoms with E-state index in [1.807, 2.05) is 0 Å². The monoisotopic (exact) mass is 588 g/mol. The first-order valence-electron chi connectivity index (χ1n) is 16.5. The molecule has 0 saturated heterocycles. The molecule has 0 saturated carbocycles. The Bertz CT molecular complexity index is 2700. The van der Waals surface area contributed by atoms with Crippen LogP contribution in [0.4, 0.5) is 0 Å². The Kier molecular flexibility index (Phi) is 5.69. The Labute approximate surface area is 269 Å². The first kappa shape index (κ1) is 27.1. The van der Waals surface area contributed by atoms with Crippen LogP contribution in [0.5, 0.6) is 0 Å². The van der Waals surface area contributed by atoms with Crippen LogP contribution in [0.25, 0.3) is 86.2 Å². The molecule has 10 aromatic rings. The Morgan fingerprint density at radius 3 is 0.935 bits per heavy atom. The lowest BCUT2D eigenvalue weighted by Crippen LogP contribution is -1.91. The van der Waals surface area contributed by atoms with Gasteiger partial charge in [0.15, 0.2) is 0 Å². The zero-order valence-corrected chi connectivity index (χ0v) is 27.4. The lowest BCUT2D eigenvalue weighted by molar-refractivity contribution is 1.39. The summed E-state index contributed by atoms with van der Waals surface area (Å²) in [4.78, 5) is 0. The van der Waals surface area contributed by atoms with Crippen LogP contribution in [0.2, 0.25) is 0 Å². The number of aryl methyl sites for hydroxylation is 6. The van der Waals surface area contributed by atoms with E-state index < -0.39 is 0 Å². The van der Waals surface area contributed by atoms with E-state index in [2.05, 4.69) is 151 Å². The van der Waals surface area contributed by atoms with Crippen molar-refractivity contribution in [3.63, 3.8) is 0 Å². The van der Waals surface area contributed by atoms with Crippen molar-refractivity contribution < 1.29 is 0 Å². The van der Waals surface area contributed by atoms with Gasteiger partial charge < -0.3 is 0 Å². The molecule has 0 heterocycles. The maximum absolute atomic E-state index is 2.38. The summed E-state index contributed by atoms with van der Waals surface area (Å²) in [6.45, 7) is 13.3. The van der Waals surface area contributed by atoms with Gasteiger partial charge in [-0.2, -0.15) is 0 Å². The average Bonchev–Trinajstić information content (AvgIpc) is 3.08. The van der Waals surface area contributed by atoms with Crippen LogP contribution >= 0.6 is 0 Å². The van der Waals surface area contributed by atoms with Crippen molar-refractivity contribution in [2.75, 3.05) is 0 Å². The third kappa shape index (κ3) is 3.56. The van der Waals surface area contributed by atoms with Gasteiger partial charge in [-0.1, -0.05) is 109 Å². The fourth-order valence-electron chi connectivity index (χ4n) is 8.41. The normalized spacial score (nSPS) is 12.1. The first-order chi connectivity index (χ1) is 22.3. The minimum absolute atomic E-state index is 1.35. The van der Waals surface area contributed by atoms with Crippen molar-refractivity contribution in [2.24, 2.45) is 0 Å². The molecule has 0 spiro atoms. The molecule has 0 atom stereocenters. The third-order valence-corrected chi connectivity index (χ3v) is 11.1. The Hall–Kier alpha value is -5.20. The molecular formula is C46H36. The number of fused-ring (bicyclic) bond motifs is 4. The molecule has 0 aliphatic heterocycles. The van der Waals surface area contributed by atoms with E-state index in [1.165, 1.54) is 120 Å². The molecule has 0 fully saturated rings. The summed E-state index contributed by atoms with van der Waals surface area (Å²) in [5.74, 6) is 0. The molecule has 0 unspecified atom stereocenters. The van der Waals surface area contributed by atoms with Crippen molar-refractivity contribution in [1.82, 2.24) is 0 Å². The van der Waals surface area contributed by atoms with Gasteiger partial charge in [0.25, 0.3) is 0 Å². The first-order valence-corrected chi connectivity index (χ1v) is 16.5. The third-order valence-electron chi connectivity index (χ3n) is 11.1. The zero-order valence-electron chi connectivity index (χ0n) is 27.4. The molecule has 0 heteroatoms. The van der Waals surface area contributed by atoms with Gasteiger partial charge >= 0.3 is 0 Å². The molecule has 46 heavy (non-hydrogen) atoms. The summed E-state index contributed by atoms with van der Waals surface area (Å²) >= 11 is 0. The summed E-state index contributed by atoms with van der Waals surface area (Å²) in [5, 5.41) is 22.2. The molecule has 0 bridgehead atoms. The minimum atomic E-state index is 1.35. The van der Waals surface area contributed by atoms with Gasteiger partial charge in [0.1, 0.15) is 0 Å². The second kappa shape index (κ2) is 9.65. The molecule has 10 rings (SSSR count). The molecule has 0 aliphatic carbocycles. The SMILES string of the molecule is Cc1cc2c3ccc(C)c4cccc(c5cccc(c1C)c52)c43.Cc1cc2c3cccc4c(C)ccc(c5cccc(c1C)c52)c43. The fourth-order valence-corrected chi connectivity index (χ4v) is 8.41. The van der Waals surface area contributed by atoms with Gasteiger partial charge in [-0.15, -0.1) is 0 Å². The van der Waals surface area contributed by atoms with Crippen molar-refractivity contribution in [1.29, 1.82) is 0 Å². The van der Waals surface area contributed by atoms with Gasteiger partial charge in [-0.25, -0.2) is 0 Å². The molecule has 220 valence electrons. The van der Waals surface area contributed by atoms with Crippen LogP contribution in [0.15, 0.2) is 109 Å². The van der Waals surface area contributed by atoms with E-state index in [1.54, 1.807) is 0 Å². The van der Waals surface area contributed by atoms with E-state index in [-0.39, 0.29) is 0 Å². The van der Waals surface area contributed by atoms with Crippen molar-refractivity contribution >= 4 is 86.2 Å².